The Morgan fingerprint density at radius 3 is 1.78 bits per heavy atom. The molecule has 5 heteroatoms. The Balaban J connectivity index is 0.000000160. The fraction of sp³-hybridized carbons (Fsp3) is 0.188. The van der Waals surface area contributed by atoms with Crippen molar-refractivity contribution in [1.82, 2.24) is 0 Å². The maximum absolute atomic E-state index is 9.56. The molecule has 192 valence electrons. The molecule has 5 aromatic rings. The van der Waals surface area contributed by atoms with E-state index in [0.29, 0.717) is 19.0 Å². The lowest BCUT2D eigenvalue weighted by molar-refractivity contribution is -0.119. The largest absolute Gasteiger partial charge is 0.507 e. The third-order valence-corrected chi connectivity index (χ3v) is 5.91. The second kappa shape index (κ2) is 15.7. The van der Waals surface area contributed by atoms with E-state index in [4.69, 9.17) is 13.9 Å². The van der Waals surface area contributed by atoms with E-state index in [1.54, 1.807) is 12.3 Å². The van der Waals surface area contributed by atoms with E-state index in [1.807, 2.05) is 86.6 Å². The molecule has 0 spiro atoms. The number of benzene rings is 4. The summed E-state index contributed by atoms with van der Waals surface area (Å²) in [6.45, 7) is 5.32. The minimum Gasteiger partial charge on any atom is -0.507 e. The highest BCUT2D eigenvalue weighted by Crippen LogP contribution is 2.29. The van der Waals surface area contributed by atoms with Crippen LogP contribution in [0.3, 0.4) is 0 Å². The molecule has 0 aliphatic carbocycles. The number of para-hydroxylation sites is 2. The summed E-state index contributed by atoms with van der Waals surface area (Å²) < 4.78 is 15.8. The van der Waals surface area contributed by atoms with Gasteiger partial charge in [-0.25, -0.2) is 0 Å². The fourth-order valence-electron chi connectivity index (χ4n) is 3.68. The Kier molecular flexibility index (Phi) is 11.9. The Morgan fingerprint density at radius 1 is 0.676 bits per heavy atom. The molecule has 0 amide bonds. The van der Waals surface area contributed by atoms with Gasteiger partial charge in [0, 0.05) is 29.7 Å². The number of rotatable bonds is 7. The van der Waals surface area contributed by atoms with Crippen molar-refractivity contribution in [2.75, 3.05) is 18.5 Å². The molecule has 0 radical (unpaired) electrons. The van der Waals surface area contributed by atoms with Crippen LogP contribution in [-0.2, 0) is 9.47 Å². The van der Waals surface area contributed by atoms with Gasteiger partial charge in [-0.05, 0) is 37.1 Å². The number of phenolic OH excluding ortho intramolecular Hbond substituents is 1. The highest BCUT2D eigenvalue weighted by molar-refractivity contribution is 9.09. The lowest BCUT2D eigenvalue weighted by atomic mass is 10.0. The van der Waals surface area contributed by atoms with Gasteiger partial charge in [0.2, 0.25) is 0 Å². The number of aromatic hydroxyl groups is 1. The van der Waals surface area contributed by atoms with Crippen LogP contribution in [0.25, 0.3) is 33.2 Å². The fourth-order valence-corrected chi connectivity index (χ4v) is 4.06. The number of phenols is 1. The summed E-state index contributed by atoms with van der Waals surface area (Å²) in [5.41, 5.74) is 5.23. The van der Waals surface area contributed by atoms with E-state index in [2.05, 4.69) is 46.3 Å². The molecule has 0 aliphatic heterocycles. The summed E-state index contributed by atoms with van der Waals surface area (Å²) in [6, 6.07) is 35.7. The summed E-state index contributed by atoms with van der Waals surface area (Å²) >= 11 is 3.27. The third-order valence-electron chi connectivity index (χ3n) is 5.38. The normalized spacial score (nSPS) is 10.4. The first-order chi connectivity index (χ1) is 18.2. The smallest absolute Gasteiger partial charge is 0.167 e. The van der Waals surface area contributed by atoms with E-state index in [1.165, 1.54) is 5.56 Å². The van der Waals surface area contributed by atoms with Gasteiger partial charge >= 0.3 is 0 Å². The van der Waals surface area contributed by atoms with Gasteiger partial charge in [-0.15, -0.1) is 0 Å². The van der Waals surface area contributed by atoms with E-state index < -0.39 is 0 Å². The molecular weight excluding hydrogens is 528 g/mol. The van der Waals surface area contributed by atoms with E-state index in [0.717, 1.165) is 33.0 Å². The van der Waals surface area contributed by atoms with Gasteiger partial charge in [0.15, 0.2) is 6.29 Å². The number of ether oxygens (including phenoxy) is 2. The molecular formula is C32H33BrO4. The van der Waals surface area contributed by atoms with Crippen LogP contribution in [0, 0.1) is 0 Å². The van der Waals surface area contributed by atoms with E-state index in [9.17, 15) is 5.11 Å². The lowest BCUT2D eigenvalue weighted by Crippen LogP contribution is -2.18. The lowest BCUT2D eigenvalue weighted by Gasteiger charge is -2.12. The Hall–Kier alpha value is -3.38. The maximum Gasteiger partial charge on any atom is 0.167 e. The standard InChI is InChI=1S/C14H10O.C12H10O.C6H13BrO2/c1-2-5-11(6-3-1)13-8-4-7-12-9-10-15-14(12)13;13-12-9-5-4-8-11(12)10-6-2-1-3-7-10;1-3-8-6(5-7)9-4-2/h1-10H;1-9,13H;6H,3-5H2,1-2H3. The molecule has 37 heavy (non-hydrogen) atoms. The van der Waals surface area contributed by atoms with Crippen molar-refractivity contribution < 1.29 is 19.0 Å². The first-order valence-electron chi connectivity index (χ1n) is 12.3. The van der Waals surface area contributed by atoms with Gasteiger partial charge in [0.05, 0.1) is 11.6 Å². The van der Waals surface area contributed by atoms with Gasteiger partial charge in [-0.2, -0.15) is 0 Å². The van der Waals surface area contributed by atoms with Crippen molar-refractivity contribution in [2.24, 2.45) is 0 Å². The number of halogens is 1. The summed E-state index contributed by atoms with van der Waals surface area (Å²) in [4.78, 5) is 0. The van der Waals surface area contributed by atoms with E-state index >= 15 is 0 Å². The molecule has 0 aliphatic rings. The second-order valence-electron chi connectivity index (χ2n) is 7.89. The topological polar surface area (TPSA) is 51.8 Å². The van der Waals surface area contributed by atoms with Crippen LogP contribution < -0.4 is 0 Å². The van der Waals surface area contributed by atoms with Crippen molar-refractivity contribution in [1.29, 1.82) is 0 Å². The van der Waals surface area contributed by atoms with E-state index in [-0.39, 0.29) is 6.29 Å². The summed E-state index contributed by atoms with van der Waals surface area (Å²) in [7, 11) is 0. The summed E-state index contributed by atoms with van der Waals surface area (Å²) in [5.74, 6) is 0.328. The molecule has 0 atom stereocenters. The average Bonchev–Trinajstić information content (AvgIpc) is 3.44. The van der Waals surface area contributed by atoms with Crippen LogP contribution in [0.1, 0.15) is 13.8 Å². The van der Waals surface area contributed by atoms with Crippen LogP contribution in [0.2, 0.25) is 0 Å². The minimum absolute atomic E-state index is 0.0694. The van der Waals surface area contributed by atoms with Crippen molar-refractivity contribution in [2.45, 2.75) is 20.1 Å². The number of alkyl halides is 1. The molecule has 4 nitrogen and oxygen atoms in total. The predicted octanol–water partition coefficient (Wildman–Crippen LogP) is 8.94. The first kappa shape index (κ1) is 28.2. The SMILES string of the molecule is CCOC(CBr)OCC.Oc1ccccc1-c1ccccc1.c1ccc(-c2cccc3ccoc23)cc1. The third kappa shape index (κ3) is 8.60. The zero-order valence-corrected chi connectivity index (χ0v) is 22.8. The van der Waals surface area contributed by atoms with Crippen LogP contribution >= 0.6 is 15.9 Å². The summed E-state index contributed by atoms with van der Waals surface area (Å²) in [5, 5.41) is 11.5. The first-order valence-corrected chi connectivity index (χ1v) is 13.4. The van der Waals surface area contributed by atoms with Crippen LogP contribution in [0.4, 0.5) is 0 Å². The summed E-state index contributed by atoms with van der Waals surface area (Å²) in [6.07, 6.45) is 1.66. The molecule has 0 bridgehead atoms. The zero-order chi connectivity index (χ0) is 26.3. The molecule has 0 saturated carbocycles. The number of hydrogen-bond acceptors (Lipinski definition) is 4. The number of fused-ring (bicyclic) bond motifs is 1. The Bertz CT molecular complexity index is 1300. The molecule has 4 aromatic carbocycles. The molecule has 1 heterocycles. The molecule has 1 aromatic heterocycles. The predicted molar refractivity (Wildman–Crippen MR) is 156 cm³/mol. The van der Waals surface area contributed by atoms with Crippen molar-refractivity contribution in [3.05, 3.63) is 115 Å². The van der Waals surface area contributed by atoms with Gasteiger partial charge < -0.3 is 19.0 Å². The highest BCUT2D eigenvalue weighted by atomic mass is 79.9. The highest BCUT2D eigenvalue weighted by Gasteiger charge is 2.05. The maximum atomic E-state index is 9.56. The van der Waals surface area contributed by atoms with Crippen LogP contribution in [0.15, 0.2) is 120 Å². The minimum atomic E-state index is -0.0694. The number of hydrogen-bond donors (Lipinski definition) is 1. The Morgan fingerprint density at radius 2 is 1.22 bits per heavy atom. The molecule has 0 unspecified atom stereocenters. The number of furan rings is 1. The zero-order valence-electron chi connectivity index (χ0n) is 21.2. The van der Waals surface area contributed by atoms with Crippen LogP contribution in [0.5, 0.6) is 5.75 Å². The van der Waals surface area contributed by atoms with Gasteiger partial charge in [0.1, 0.15) is 11.3 Å². The molecule has 5 rings (SSSR count). The van der Waals surface area contributed by atoms with Crippen molar-refractivity contribution >= 4 is 26.9 Å². The quantitative estimate of drug-likeness (QED) is 0.159. The second-order valence-corrected chi connectivity index (χ2v) is 8.54. The van der Waals surface area contributed by atoms with Gasteiger partial charge in [-0.3, -0.25) is 0 Å². The monoisotopic (exact) mass is 560 g/mol. The van der Waals surface area contributed by atoms with Crippen LogP contribution in [-0.4, -0.2) is 29.9 Å². The Labute approximate surface area is 227 Å². The molecule has 1 N–H and O–H groups in total. The van der Waals surface area contributed by atoms with Gasteiger partial charge in [0.25, 0.3) is 0 Å². The van der Waals surface area contributed by atoms with Gasteiger partial charge in [-0.1, -0.05) is 113 Å². The van der Waals surface area contributed by atoms with Crippen molar-refractivity contribution in [3.8, 4) is 28.0 Å². The molecule has 0 fully saturated rings. The molecule has 0 saturated heterocycles. The average molecular weight is 562 g/mol. The van der Waals surface area contributed by atoms with Crippen molar-refractivity contribution in [3.63, 3.8) is 0 Å².